The Labute approximate surface area is 124 Å². The molecule has 1 aromatic rings. The standard InChI is InChI=1S/C13H16BrFN2O3/c1-2-8(5-12(18)19)7-16-13(20)17-11-4-3-9(15)6-10(11)14/h3-4,6,8H,2,5,7H2,1H3,(H,18,19)(H2,16,17,20). The molecule has 0 saturated carbocycles. The molecule has 0 spiro atoms. The highest BCUT2D eigenvalue weighted by molar-refractivity contribution is 9.10. The second kappa shape index (κ2) is 7.84. The number of anilines is 1. The summed E-state index contributed by atoms with van der Waals surface area (Å²) in [6.07, 6.45) is 0.670. The Balaban J connectivity index is 2.49. The summed E-state index contributed by atoms with van der Waals surface area (Å²) >= 11 is 3.14. The summed E-state index contributed by atoms with van der Waals surface area (Å²) in [5, 5.41) is 13.9. The van der Waals surface area contributed by atoms with E-state index in [4.69, 9.17) is 5.11 Å². The van der Waals surface area contributed by atoms with E-state index >= 15 is 0 Å². The second-order valence-corrected chi connectivity index (χ2v) is 5.19. The number of aliphatic carboxylic acids is 1. The minimum absolute atomic E-state index is 0.0109. The van der Waals surface area contributed by atoms with Crippen LogP contribution >= 0.6 is 15.9 Å². The summed E-state index contributed by atoms with van der Waals surface area (Å²) in [7, 11) is 0. The first-order chi connectivity index (χ1) is 9.42. The van der Waals surface area contributed by atoms with Crippen molar-refractivity contribution in [2.45, 2.75) is 19.8 Å². The lowest BCUT2D eigenvalue weighted by atomic mass is 10.0. The number of rotatable bonds is 6. The summed E-state index contributed by atoms with van der Waals surface area (Å²) < 4.78 is 13.3. The molecule has 1 aromatic carbocycles. The number of hydrogen-bond donors (Lipinski definition) is 3. The van der Waals surface area contributed by atoms with E-state index in [0.717, 1.165) is 0 Å². The fourth-order valence-corrected chi connectivity index (χ4v) is 2.05. The molecule has 20 heavy (non-hydrogen) atoms. The number of carboxylic acid groups (broad SMARTS) is 1. The topological polar surface area (TPSA) is 78.4 Å². The quantitative estimate of drug-likeness (QED) is 0.739. The van der Waals surface area contributed by atoms with Gasteiger partial charge >= 0.3 is 12.0 Å². The number of urea groups is 1. The van der Waals surface area contributed by atoms with Gasteiger partial charge in [-0.3, -0.25) is 4.79 Å². The Morgan fingerprint density at radius 3 is 2.70 bits per heavy atom. The molecule has 110 valence electrons. The average Bonchev–Trinajstić information content (AvgIpc) is 2.37. The largest absolute Gasteiger partial charge is 0.481 e. The molecule has 0 fully saturated rings. The van der Waals surface area contributed by atoms with Crippen molar-refractivity contribution in [1.82, 2.24) is 5.32 Å². The Morgan fingerprint density at radius 1 is 1.45 bits per heavy atom. The zero-order valence-electron chi connectivity index (χ0n) is 11.0. The Kier molecular flexibility index (Phi) is 6.44. The van der Waals surface area contributed by atoms with E-state index < -0.39 is 17.8 Å². The molecule has 3 N–H and O–H groups in total. The Hall–Kier alpha value is -1.63. The van der Waals surface area contributed by atoms with Crippen molar-refractivity contribution in [2.24, 2.45) is 5.92 Å². The molecule has 0 aliphatic rings. The molecule has 0 aromatic heterocycles. The molecule has 0 heterocycles. The van der Waals surface area contributed by atoms with Crippen LogP contribution in [0.1, 0.15) is 19.8 Å². The lowest BCUT2D eigenvalue weighted by Crippen LogP contribution is -2.33. The van der Waals surface area contributed by atoms with E-state index in [-0.39, 0.29) is 18.9 Å². The maximum absolute atomic E-state index is 12.9. The van der Waals surface area contributed by atoms with E-state index in [0.29, 0.717) is 16.6 Å². The van der Waals surface area contributed by atoms with Crippen LogP contribution in [0.3, 0.4) is 0 Å². The van der Waals surface area contributed by atoms with Crippen molar-refractivity contribution >= 4 is 33.6 Å². The normalized spacial score (nSPS) is 11.8. The Bertz CT molecular complexity index is 497. The number of halogens is 2. The molecule has 0 aliphatic heterocycles. The van der Waals surface area contributed by atoms with Crippen molar-refractivity contribution in [3.05, 3.63) is 28.5 Å². The van der Waals surface area contributed by atoms with Gasteiger partial charge in [-0.05, 0) is 40.0 Å². The van der Waals surface area contributed by atoms with Crippen molar-refractivity contribution in [3.8, 4) is 0 Å². The van der Waals surface area contributed by atoms with Crippen LogP contribution in [0, 0.1) is 11.7 Å². The van der Waals surface area contributed by atoms with Crippen LogP contribution in [0.25, 0.3) is 0 Å². The van der Waals surface area contributed by atoms with Crippen LogP contribution in [-0.2, 0) is 4.79 Å². The third kappa shape index (κ3) is 5.56. The molecule has 1 rings (SSSR count). The van der Waals surface area contributed by atoms with Crippen LogP contribution in [0.5, 0.6) is 0 Å². The third-order valence-electron chi connectivity index (χ3n) is 2.77. The van der Waals surface area contributed by atoms with Gasteiger partial charge in [-0.15, -0.1) is 0 Å². The molecular formula is C13H16BrFN2O3. The summed E-state index contributed by atoms with van der Waals surface area (Å²) in [5.41, 5.74) is 0.440. The van der Waals surface area contributed by atoms with Crippen LogP contribution < -0.4 is 10.6 Å². The third-order valence-corrected chi connectivity index (χ3v) is 3.43. The van der Waals surface area contributed by atoms with Crippen LogP contribution in [0.2, 0.25) is 0 Å². The summed E-state index contributed by atoms with van der Waals surface area (Å²) in [5.74, 6) is -1.41. The molecule has 0 aliphatic carbocycles. The highest BCUT2D eigenvalue weighted by atomic mass is 79.9. The molecule has 0 radical (unpaired) electrons. The summed E-state index contributed by atoms with van der Waals surface area (Å²) in [4.78, 5) is 22.3. The zero-order valence-corrected chi connectivity index (χ0v) is 12.5. The van der Waals surface area contributed by atoms with Crippen LogP contribution in [0.4, 0.5) is 14.9 Å². The zero-order chi connectivity index (χ0) is 15.1. The highest BCUT2D eigenvalue weighted by Crippen LogP contribution is 2.22. The fourth-order valence-electron chi connectivity index (χ4n) is 1.60. The highest BCUT2D eigenvalue weighted by Gasteiger charge is 2.13. The summed E-state index contributed by atoms with van der Waals surface area (Å²) in [6.45, 7) is 2.14. The number of carbonyl (C=O) groups excluding carboxylic acids is 1. The van der Waals surface area contributed by atoms with Gasteiger partial charge in [0, 0.05) is 17.4 Å². The van der Waals surface area contributed by atoms with Gasteiger partial charge in [-0.1, -0.05) is 13.3 Å². The number of benzene rings is 1. The SMILES string of the molecule is CCC(CNC(=O)Nc1ccc(F)cc1Br)CC(=O)O. The minimum atomic E-state index is -0.889. The van der Waals surface area contributed by atoms with Gasteiger partial charge in [0.15, 0.2) is 0 Å². The van der Waals surface area contributed by atoms with Crippen LogP contribution in [-0.4, -0.2) is 23.7 Å². The van der Waals surface area contributed by atoms with E-state index in [1.54, 1.807) is 0 Å². The van der Waals surface area contributed by atoms with Crippen molar-refractivity contribution in [3.63, 3.8) is 0 Å². The van der Waals surface area contributed by atoms with Crippen molar-refractivity contribution < 1.29 is 19.1 Å². The first kappa shape index (κ1) is 16.4. The average molecular weight is 347 g/mol. The van der Waals surface area contributed by atoms with Crippen molar-refractivity contribution in [2.75, 3.05) is 11.9 Å². The Morgan fingerprint density at radius 2 is 2.15 bits per heavy atom. The molecule has 2 amide bonds. The van der Waals surface area contributed by atoms with E-state index in [9.17, 15) is 14.0 Å². The predicted octanol–water partition coefficient (Wildman–Crippen LogP) is 3.21. The maximum atomic E-state index is 12.9. The predicted molar refractivity (Wildman–Crippen MR) is 77.2 cm³/mol. The lowest BCUT2D eigenvalue weighted by Gasteiger charge is -2.14. The number of carbonyl (C=O) groups is 2. The monoisotopic (exact) mass is 346 g/mol. The first-order valence-electron chi connectivity index (χ1n) is 6.14. The van der Waals surface area contributed by atoms with E-state index in [1.807, 2.05) is 6.92 Å². The lowest BCUT2D eigenvalue weighted by molar-refractivity contribution is -0.138. The van der Waals surface area contributed by atoms with Gasteiger partial charge in [0.25, 0.3) is 0 Å². The van der Waals surface area contributed by atoms with Crippen LogP contribution in [0.15, 0.2) is 22.7 Å². The van der Waals surface area contributed by atoms with E-state index in [2.05, 4.69) is 26.6 Å². The number of amides is 2. The van der Waals surface area contributed by atoms with Gasteiger partial charge in [0.05, 0.1) is 5.69 Å². The molecule has 0 bridgehead atoms. The molecule has 5 nitrogen and oxygen atoms in total. The van der Waals surface area contributed by atoms with Gasteiger partial charge < -0.3 is 15.7 Å². The molecule has 7 heteroatoms. The molecular weight excluding hydrogens is 331 g/mol. The second-order valence-electron chi connectivity index (χ2n) is 4.33. The van der Waals surface area contributed by atoms with Gasteiger partial charge in [-0.25, -0.2) is 9.18 Å². The number of hydrogen-bond acceptors (Lipinski definition) is 2. The fraction of sp³-hybridized carbons (Fsp3) is 0.385. The van der Waals surface area contributed by atoms with Gasteiger partial charge in [-0.2, -0.15) is 0 Å². The molecule has 0 saturated heterocycles. The van der Waals surface area contributed by atoms with E-state index in [1.165, 1.54) is 18.2 Å². The summed E-state index contributed by atoms with van der Waals surface area (Å²) in [6, 6.07) is 3.46. The van der Waals surface area contributed by atoms with Gasteiger partial charge in [0.1, 0.15) is 5.82 Å². The van der Waals surface area contributed by atoms with Gasteiger partial charge in [0.2, 0.25) is 0 Å². The van der Waals surface area contributed by atoms with Crippen molar-refractivity contribution in [1.29, 1.82) is 0 Å². The maximum Gasteiger partial charge on any atom is 0.319 e. The molecule has 1 atom stereocenters. The number of carboxylic acids is 1. The first-order valence-corrected chi connectivity index (χ1v) is 6.93. The molecule has 1 unspecified atom stereocenters. The minimum Gasteiger partial charge on any atom is -0.481 e. The smallest absolute Gasteiger partial charge is 0.319 e. The number of nitrogens with one attached hydrogen (secondary N) is 2.